The van der Waals surface area contributed by atoms with E-state index in [-0.39, 0.29) is 23.1 Å². The van der Waals surface area contributed by atoms with E-state index in [2.05, 4.69) is 15.0 Å². The minimum absolute atomic E-state index is 0.102. The molecule has 0 aliphatic carbocycles. The van der Waals surface area contributed by atoms with Crippen LogP contribution in [0.15, 0.2) is 0 Å². The first-order valence-electron chi connectivity index (χ1n) is 6.32. The van der Waals surface area contributed by atoms with Gasteiger partial charge in [-0.2, -0.15) is 9.97 Å². The molecule has 4 N–H and O–H groups in total. The van der Waals surface area contributed by atoms with Crippen molar-refractivity contribution in [3.8, 4) is 12.0 Å². The summed E-state index contributed by atoms with van der Waals surface area (Å²) >= 11 is 0. The number of rotatable bonds is 1. The van der Waals surface area contributed by atoms with Crippen molar-refractivity contribution in [2.24, 2.45) is 5.73 Å². The number of piperidine rings is 1. The quantitative estimate of drug-likeness (QED) is 0.689. The molecule has 1 fully saturated rings. The van der Waals surface area contributed by atoms with Crippen LogP contribution in [0.25, 0.3) is 0 Å². The van der Waals surface area contributed by atoms with E-state index in [1.807, 2.05) is 32.6 Å². The van der Waals surface area contributed by atoms with E-state index in [0.29, 0.717) is 0 Å². The van der Waals surface area contributed by atoms with E-state index in [9.17, 15) is 10.2 Å². The van der Waals surface area contributed by atoms with E-state index < -0.39 is 12.0 Å². The summed E-state index contributed by atoms with van der Waals surface area (Å²) in [5.74, 6) is 0.270. The highest BCUT2D eigenvalue weighted by molar-refractivity contribution is 5.41. The van der Waals surface area contributed by atoms with Crippen LogP contribution in [0.5, 0.6) is 12.0 Å². The number of aromatic nitrogens is 3. The van der Waals surface area contributed by atoms with Crippen LogP contribution >= 0.6 is 0 Å². The Bertz CT molecular complexity index is 451. The molecule has 0 unspecified atom stereocenters. The fourth-order valence-corrected chi connectivity index (χ4v) is 3.34. The second-order valence-electron chi connectivity index (χ2n) is 6.36. The van der Waals surface area contributed by atoms with Gasteiger partial charge in [-0.25, -0.2) is 0 Å². The van der Waals surface area contributed by atoms with Crippen LogP contribution in [0.1, 0.15) is 40.5 Å². The van der Waals surface area contributed by atoms with Gasteiger partial charge in [0.15, 0.2) is 0 Å². The summed E-state index contributed by atoms with van der Waals surface area (Å²) in [6.45, 7) is 8.19. The first kappa shape index (κ1) is 13.8. The summed E-state index contributed by atoms with van der Waals surface area (Å²) in [6.07, 6.45) is 1.56. The Morgan fingerprint density at radius 2 is 1.42 bits per heavy atom. The Hall–Kier alpha value is -1.63. The molecule has 0 amide bonds. The molecule has 0 radical (unpaired) electrons. The molecule has 0 aromatic carbocycles. The molecule has 19 heavy (non-hydrogen) atoms. The minimum atomic E-state index is -0.482. The van der Waals surface area contributed by atoms with Crippen LogP contribution in [0, 0.1) is 0 Å². The third kappa shape index (κ3) is 2.56. The van der Waals surface area contributed by atoms with Gasteiger partial charge in [0.1, 0.15) is 0 Å². The van der Waals surface area contributed by atoms with Gasteiger partial charge < -0.3 is 20.8 Å². The molecule has 7 heteroatoms. The molecule has 1 aromatic heterocycles. The van der Waals surface area contributed by atoms with Crippen molar-refractivity contribution in [2.75, 3.05) is 4.90 Å². The molecular weight excluding hydrogens is 246 g/mol. The number of hydrogen-bond donors (Lipinski definition) is 3. The fourth-order valence-electron chi connectivity index (χ4n) is 3.34. The summed E-state index contributed by atoms with van der Waals surface area (Å²) in [5.41, 5.74) is 5.55. The van der Waals surface area contributed by atoms with E-state index in [1.54, 1.807) is 0 Å². The van der Waals surface area contributed by atoms with Crippen LogP contribution < -0.4 is 10.6 Å². The number of nitrogens with zero attached hydrogens (tertiary/aromatic N) is 4. The van der Waals surface area contributed by atoms with Crippen molar-refractivity contribution < 1.29 is 10.2 Å². The Kier molecular flexibility index (Phi) is 3.04. The van der Waals surface area contributed by atoms with Gasteiger partial charge in [-0.15, -0.1) is 4.98 Å². The van der Waals surface area contributed by atoms with Gasteiger partial charge in [-0.1, -0.05) is 0 Å². The van der Waals surface area contributed by atoms with E-state index >= 15 is 0 Å². The van der Waals surface area contributed by atoms with Crippen molar-refractivity contribution in [3.05, 3.63) is 0 Å². The largest absolute Gasteiger partial charge is 0.479 e. The second-order valence-corrected chi connectivity index (χ2v) is 6.36. The van der Waals surface area contributed by atoms with Crippen LogP contribution in [0.4, 0.5) is 5.95 Å². The highest BCUT2D eigenvalue weighted by Gasteiger charge is 2.46. The Morgan fingerprint density at radius 3 is 1.84 bits per heavy atom. The zero-order valence-corrected chi connectivity index (χ0v) is 11.8. The monoisotopic (exact) mass is 267 g/mol. The normalized spacial score (nSPS) is 22.5. The van der Waals surface area contributed by atoms with Crippen LogP contribution in [-0.4, -0.2) is 42.3 Å². The average molecular weight is 267 g/mol. The van der Waals surface area contributed by atoms with Crippen LogP contribution in [0.3, 0.4) is 0 Å². The third-order valence-electron chi connectivity index (χ3n) is 3.53. The second kappa shape index (κ2) is 4.19. The fraction of sp³-hybridized carbons (Fsp3) is 0.750. The summed E-state index contributed by atoms with van der Waals surface area (Å²) in [4.78, 5) is 13.2. The molecule has 106 valence electrons. The first-order valence-corrected chi connectivity index (χ1v) is 6.32. The molecule has 0 bridgehead atoms. The van der Waals surface area contributed by atoms with Gasteiger partial charge in [-0.05, 0) is 40.5 Å². The number of anilines is 1. The van der Waals surface area contributed by atoms with E-state index in [1.165, 1.54) is 0 Å². The minimum Gasteiger partial charge on any atom is -0.479 e. The van der Waals surface area contributed by atoms with Crippen LogP contribution in [0.2, 0.25) is 0 Å². The Morgan fingerprint density at radius 1 is 1.00 bits per heavy atom. The topological polar surface area (TPSA) is 108 Å². The third-order valence-corrected chi connectivity index (χ3v) is 3.53. The average Bonchev–Trinajstić information content (AvgIpc) is 2.09. The molecule has 1 aliphatic heterocycles. The van der Waals surface area contributed by atoms with Crippen molar-refractivity contribution in [1.82, 2.24) is 15.0 Å². The summed E-state index contributed by atoms with van der Waals surface area (Å²) in [5, 5.41) is 18.9. The van der Waals surface area contributed by atoms with Gasteiger partial charge in [0.05, 0.1) is 0 Å². The van der Waals surface area contributed by atoms with Crippen molar-refractivity contribution >= 4 is 5.95 Å². The molecule has 0 atom stereocenters. The number of nitrogens with two attached hydrogens (primary N) is 1. The summed E-state index contributed by atoms with van der Waals surface area (Å²) < 4.78 is 0. The summed E-state index contributed by atoms with van der Waals surface area (Å²) in [6, 6.07) is -0.863. The van der Waals surface area contributed by atoms with Crippen molar-refractivity contribution in [2.45, 2.75) is 57.7 Å². The molecule has 1 saturated heterocycles. The molecular formula is C12H21N5O2. The lowest BCUT2D eigenvalue weighted by Gasteiger charge is -2.54. The van der Waals surface area contributed by atoms with Crippen LogP contribution in [-0.2, 0) is 0 Å². The zero-order valence-electron chi connectivity index (χ0n) is 11.8. The van der Waals surface area contributed by atoms with Crippen molar-refractivity contribution in [3.63, 3.8) is 0 Å². The molecule has 2 heterocycles. The highest BCUT2D eigenvalue weighted by atomic mass is 16.3. The predicted molar refractivity (Wildman–Crippen MR) is 71.0 cm³/mol. The van der Waals surface area contributed by atoms with Crippen molar-refractivity contribution in [1.29, 1.82) is 0 Å². The van der Waals surface area contributed by atoms with Gasteiger partial charge >= 0.3 is 12.0 Å². The molecule has 2 rings (SSSR count). The van der Waals surface area contributed by atoms with Gasteiger partial charge in [0.25, 0.3) is 0 Å². The molecule has 0 spiro atoms. The number of aromatic hydroxyl groups is 2. The van der Waals surface area contributed by atoms with Gasteiger partial charge in [0, 0.05) is 17.1 Å². The van der Waals surface area contributed by atoms with E-state index in [0.717, 1.165) is 12.8 Å². The maximum atomic E-state index is 9.44. The Labute approximate surface area is 112 Å². The van der Waals surface area contributed by atoms with Gasteiger partial charge in [0.2, 0.25) is 5.95 Å². The molecule has 7 nitrogen and oxygen atoms in total. The highest BCUT2D eigenvalue weighted by Crippen LogP contribution is 2.40. The predicted octanol–water partition coefficient (Wildman–Crippen LogP) is 0.767. The summed E-state index contributed by atoms with van der Waals surface area (Å²) in [7, 11) is 0. The lowest BCUT2D eigenvalue weighted by Crippen LogP contribution is -2.64. The Balaban J connectivity index is 2.50. The number of hydrogen-bond acceptors (Lipinski definition) is 7. The molecule has 1 aromatic rings. The lowest BCUT2D eigenvalue weighted by atomic mass is 9.77. The van der Waals surface area contributed by atoms with Gasteiger partial charge in [-0.3, -0.25) is 0 Å². The molecule has 0 saturated carbocycles. The van der Waals surface area contributed by atoms with E-state index in [4.69, 9.17) is 5.73 Å². The first-order chi connectivity index (χ1) is 8.62. The maximum absolute atomic E-state index is 9.44. The lowest BCUT2D eigenvalue weighted by molar-refractivity contribution is 0.214. The SMILES string of the molecule is CC1(C)CC(N)CC(C)(C)N1c1nc(O)nc(O)n1. The zero-order chi connectivity index (χ0) is 14.4. The molecule has 1 aliphatic rings. The standard InChI is InChI=1S/C12H21N5O2/c1-11(2)5-7(13)6-12(3,4)17(11)8-14-9(18)16-10(19)15-8/h7H,5-6,13H2,1-4H3,(H2,14,15,16,18,19). The maximum Gasteiger partial charge on any atom is 0.321 e. The smallest absolute Gasteiger partial charge is 0.321 e.